The molecule has 0 saturated heterocycles. The Hall–Kier alpha value is -1.03. The summed E-state index contributed by atoms with van der Waals surface area (Å²) in [6, 6.07) is 1.98. The number of thiol groups is 1. The Bertz CT molecular complexity index is 393. The summed E-state index contributed by atoms with van der Waals surface area (Å²) >= 11 is 4.16. The topological polar surface area (TPSA) is 30.7 Å². The lowest BCUT2D eigenvalue weighted by molar-refractivity contribution is 1.04. The van der Waals surface area contributed by atoms with Crippen LogP contribution in [0.4, 0.5) is 0 Å². The fourth-order valence-corrected chi connectivity index (χ4v) is 1.28. The lowest BCUT2D eigenvalue weighted by atomic mass is 10.2. The largest absolute Gasteiger partial charge is 0.276 e. The Labute approximate surface area is 69.6 Å². The van der Waals surface area contributed by atoms with E-state index in [1.165, 1.54) is 0 Å². The minimum atomic E-state index is 0.813. The highest BCUT2D eigenvalue weighted by Gasteiger charge is 2.01. The Kier molecular flexibility index (Phi) is 1.35. The van der Waals surface area contributed by atoms with Gasteiger partial charge in [-0.3, -0.25) is 3.97 Å². The van der Waals surface area contributed by atoms with Gasteiger partial charge < -0.3 is 0 Å². The van der Waals surface area contributed by atoms with Crippen molar-refractivity contribution in [3.63, 3.8) is 0 Å². The maximum atomic E-state index is 4.16. The molecule has 4 heteroatoms. The first kappa shape index (κ1) is 6.67. The number of rotatable bonds is 0. The van der Waals surface area contributed by atoms with Crippen LogP contribution in [0.5, 0.6) is 0 Å². The third-order valence-electron chi connectivity index (χ3n) is 1.67. The van der Waals surface area contributed by atoms with Crippen LogP contribution in [0.3, 0.4) is 0 Å². The van der Waals surface area contributed by atoms with Gasteiger partial charge in [-0.15, -0.1) is 5.10 Å². The predicted octanol–water partition coefficient (Wildman–Crippen LogP) is 1.43. The molecule has 2 aromatic heterocycles. The molecule has 0 aliphatic heterocycles. The monoisotopic (exact) mass is 165 g/mol. The maximum absolute atomic E-state index is 4.16. The van der Waals surface area contributed by atoms with E-state index in [0.717, 1.165) is 16.6 Å². The van der Waals surface area contributed by atoms with Crippen molar-refractivity contribution < 1.29 is 0 Å². The number of aryl methyl sites for hydroxylation is 1. The predicted molar refractivity (Wildman–Crippen MR) is 46.6 cm³/mol. The zero-order chi connectivity index (χ0) is 7.84. The highest BCUT2D eigenvalue weighted by Crippen LogP contribution is 2.15. The third-order valence-corrected chi connectivity index (χ3v) is 1.99. The minimum absolute atomic E-state index is 0.813. The van der Waals surface area contributed by atoms with Gasteiger partial charge in [0.15, 0.2) is 5.65 Å². The SMILES string of the molecule is Cc1cnnc2c1ccn2S. The fraction of sp³-hybridized carbons (Fsp3) is 0.143. The van der Waals surface area contributed by atoms with Crippen LogP contribution in [-0.2, 0) is 0 Å². The van der Waals surface area contributed by atoms with Gasteiger partial charge in [0.2, 0.25) is 0 Å². The van der Waals surface area contributed by atoms with E-state index in [0.29, 0.717) is 0 Å². The van der Waals surface area contributed by atoms with Gasteiger partial charge in [-0.1, -0.05) is 12.8 Å². The summed E-state index contributed by atoms with van der Waals surface area (Å²) in [5.74, 6) is 0. The summed E-state index contributed by atoms with van der Waals surface area (Å²) in [4.78, 5) is 0. The molecule has 0 aromatic carbocycles. The number of nitrogens with zero attached hydrogens (tertiary/aromatic N) is 3. The van der Waals surface area contributed by atoms with Crippen molar-refractivity contribution in [1.82, 2.24) is 14.2 Å². The summed E-state index contributed by atoms with van der Waals surface area (Å²) in [5, 5.41) is 8.87. The minimum Gasteiger partial charge on any atom is -0.276 e. The Balaban J connectivity index is 2.94. The van der Waals surface area contributed by atoms with Crippen LogP contribution in [0.2, 0.25) is 0 Å². The van der Waals surface area contributed by atoms with Gasteiger partial charge >= 0.3 is 0 Å². The molecule has 2 heterocycles. The average molecular weight is 165 g/mol. The molecule has 2 rings (SSSR count). The molecule has 0 N–H and O–H groups in total. The molecular weight excluding hydrogens is 158 g/mol. The molecular formula is C7H7N3S. The zero-order valence-electron chi connectivity index (χ0n) is 6.02. The van der Waals surface area contributed by atoms with E-state index in [-0.39, 0.29) is 0 Å². The second-order valence-electron chi connectivity index (χ2n) is 2.43. The number of aromatic nitrogens is 3. The molecule has 0 aliphatic rings. The van der Waals surface area contributed by atoms with Crippen molar-refractivity contribution in [2.24, 2.45) is 0 Å². The van der Waals surface area contributed by atoms with Crippen LogP contribution in [-0.4, -0.2) is 14.2 Å². The molecule has 0 radical (unpaired) electrons. The Morgan fingerprint density at radius 1 is 1.55 bits per heavy atom. The second-order valence-corrected chi connectivity index (χ2v) is 2.86. The summed E-state index contributed by atoms with van der Waals surface area (Å²) in [7, 11) is 0. The zero-order valence-corrected chi connectivity index (χ0v) is 6.92. The molecule has 3 nitrogen and oxygen atoms in total. The molecule has 11 heavy (non-hydrogen) atoms. The smallest absolute Gasteiger partial charge is 0.172 e. The third kappa shape index (κ3) is 0.903. The van der Waals surface area contributed by atoms with Gasteiger partial charge in [0.05, 0.1) is 6.20 Å². The van der Waals surface area contributed by atoms with Gasteiger partial charge in [0.25, 0.3) is 0 Å². The summed E-state index contributed by atoms with van der Waals surface area (Å²) in [6.45, 7) is 2.00. The van der Waals surface area contributed by atoms with Gasteiger partial charge in [-0.05, 0) is 18.6 Å². The summed E-state index contributed by atoms with van der Waals surface area (Å²) in [5.41, 5.74) is 1.94. The van der Waals surface area contributed by atoms with Gasteiger partial charge in [-0.2, -0.15) is 5.10 Å². The van der Waals surface area contributed by atoms with E-state index in [1.807, 2.05) is 19.2 Å². The summed E-state index contributed by atoms with van der Waals surface area (Å²) in [6.07, 6.45) is 3.60. The van der Waals surface area contributed by atoms with E-state index in [2.05, 4.69) is 23.0 Å². The first-order chi connectivity index (χ1) is 5.29. The average Bonchev–Trinajstić information content (AvgIpc) is 2.35. The van der Waals surface area contributed by atoms with E-state index >= 15 is 0 Å². The molecule has 0 fully saturated rings. The molecule has 0 unspecified atom stereocenters. The van der Waals surface area contributed by atoms with Crippen molar-refractivity contribution in [2.75, 3.05) is 0 Å². The van der Waals surface area contributed by atoms with Crippen molar-refractivity contribution in [3.05, 3.63) is 24.0 Å². The first-order valence-corrected chi connectivity index (χ1v) is 3.67. The van der Waals surface area contributed by atoms with Crippen molar-refractivity contribution in [2.45, 2.75) is 6.92 Å². The normalized spacial score (nSPS) is 10.7. The first-order valence-electron chi connectivity index (χ1n) is 3.27. The Morgan fingerprint density at radius 2 is 2.36 bits per heavy atom. The van der Waals surface area contributed by atoms with E-state index in [4.69, 9.17) is 0 Å². The van der Waals surface area contributed by atoms with Crippen LogP contribution in [0.1, 0.15) is 5.56 Å². The van der Waals surface area contributed by atoms with Gasteiger partial charge in [-0.25, -0.2) is 0 Å². The second kappa shape index (κ2) is 2.23. The van der Waals surface area contributed by atoms with Crippen LogP contribution in [0.15, 0.2) is 18.5 Å². The highest BCUT2D eigenvalue weighted by atomic mass is 32.1. The lowest BCUT2D eigenvalue weighted by Gasteiger charge is -1.93. The summed E-state index contributed by atoms with van der Waals surface area (Å²) < 4.78 is 1.66. The van der Waals surface area contributed by atoms with Crippen LogP contribution < -0.4 is 0 Å². The van der Waals surface area contributed by atoms with Gasteiger partial charge in [0, 0.05) is 11.6 Å². The number of fused-ring (bicyclic) bond motifs is 1. The molecule has 0 bridgehead atoms. The van der Waals surface area contributed by atoms with E-state index in [1.54, 1.807) is 10.2 Å². The standard InChI is InChI=1S/C7H7N3S/c1-5-4-8-9-7-6(5)2-3-10(7)11/h2-4,11H,1H3. The lowest BCUT2D eigenvalue weighted by Crippen LogP contribution is -1.87. The van der Waals surface area contributed by atoms with Gasteiger partial charge in [0.1, 0.15) is 0 Å². The molecule has 0 saturated carbocycles. The number of hydrogen-bond donors (Lipinski definition) is 1. The van der Waals surface area contributed by atoms with E-state index in [9.17, 15) is 0 Å². The molecule has 56 valence electrons. The van der Waals surface area contributed by atoms with Crippen LogP contribution in [0, 0.1) is 6.92 Å². The van der Waals surface area contributed by atoms with Crippen LogP contribution >= 0.6 is 12.8 Å². The van der Waals surface area contributed by atoms with Crippen molar-refractivity contribution in [1.29, 1.82) is 0 Å². The maximum Gasteiger partial charge on any atom is 0.172 e. The van der Waals surface area contributed by atoms with Crippen molar-refractivity contribution >= 4 is 23.8 Å². The number of hydrogen-bond acceptors (Lipinski definition) is 3. The molecule has 0 spiro atoms. The molecule has 0 atom stereocenters. The quantitative estimate of drug-likeness (QED) is 0.599. The molecule has 0 amide bonds. The van der Waals surface area contributed by atoms with Crippen molar-refractivity contribution in [3.8, 4) is 0 Å². The Morgan fingerprint density at radius 3 is 3.09 bits per heavy atom. The fourth-order valence-electron chi connectivity index (χ4n) is 1.06. The highest BCUT2D eigenvalue weighted by molar-refractivity contribution is 7.78. The van der Waals surface area contributed by atoms with E-state index < -0.39 is 0 Å². The van der Waals surface area contributed by atoms with Crippen LogP contribution in [0.25, 0.3) is 11.0 Å². The molecule has 2 aromatic rings. The molecule has 0 aliphatic carbocycles.